The molecule has 0 aliphatic rings. The lowest BCUT2D eigenvalue weighted by Gasteiger charge is -2.05. The minimum Gasteiger partial charge on any atom is -0.494 e. The third-order valence-electron chi connectivity index (χ3n) is 3.09. The number of benzene rings is 2. The van der Waals surface area contributed by atoms with Crippen LogP contribution in [0.3, 0.4) is 0 Å². The van der Waals surface area contributed by atoms with E-state index in [4.69, 9.17) is 4.74 Å². The molecule has 0 spiro atoms. The monoisotopic (exact) mass is 324 g/mol. The van der Waals surface area contributed by atoms with E-state index in [1.807, 2.05) is 31.2 Å². The molecule has 0 fully saturated rings. The minimum atomic E-state index is -0.218. The largest absolute Gasteiger partial charge is 0.494 e. The van der Waals surface area contributed by atoms with Gasteiger partial charge in [-0.1, -0.05) is 12.1 Å². The van der Waals surface area contributed by atoms with Gasteiger partial charge in [0.25, 0.3) is 0 Å². The van der Waals surface area contributed by atoms with Crippen molar-refractivity contribution < 1.29 is 14.3 Å². The Bertz CT molecular complexity index is 719. The first kappa shape index (κ1) is 17.3. The topological polar surface area (TPSA) is 67.4 Å². The van der Waals surface area contributed by atoms with Crippen LogP contribution in [0.1, 0.15) is 19.4 Å². The summed E-state index contributed by atoms with van der Waals surface area (Å²) in [5, 5.41) is 5.47. The molecule has 24 heavy (non-hydrogen) atoms. The molecule has 0 saturated carbocycles. The van der Waals surface area contributed by atoms with Gasteiger partial charge < -0.3 is 15.4 Å². The molecular formula is C19H20N2O3. The van der Waals surface area contributed by atoms with Crippen molar-refractivity contribution in [2.75, 3.05) is 17.2 Å². The quantitative estimate of drug-likeness (QED) is 0.796. The second-order valence-corrected chi connectivity index (χ2v) is 5.08. The zero-order valence-corrected chi connectivity index (χ0v) is 13.7. The van der Waals surface area contributed by atoms with Gasteiger partial charge in [-0.05, 0) is 55.0 Å². The van der Waals surface area contributed by atoms with Gasteiger partial charge in [-0.15, -0.1) is 0 Å². The van der Waals surface area contributed by atoms with E-state index in [2.05, 4.69) is 10.6 Å². The highest BCUT2D eigenvalue weighted by Crippen LogP contribution is 2.16. The van der Waals surface area contributed by atoms with Gasteiger partial charge in [0.2, 0.25) is 11.8 Å². The zero-order chi connectivity index (χ0) is 17.4. The summed E-state index contributed by atoms with van der Waals surface area (Å²) in [5.74, 6) is 0.434. The van der Waals surface area contributed by atoms with Crippen molar-refractivity contribution in [2.24, 2.45) is 0 Å². The van der Waals surface area contributed by atoms with E-state index in [-0.39, 0.29) is 11.8 Å². The van der Waals surface area contributed by atoms with Crippen LogP contribution in [0.5, 0.6) is 5.75 Å². The summed E-state index contributed by atoms with van der Waals surface area (Å²) in [6.45, 7) is 3.98. The van der Waals surface area contributed by atoms with Crippen LogP contribution in [0.25, 0.3) is 6.08 Å². The first-order chi connectivity index (χ1) is 11.6. The number of nitrogens with one attached hydrogen (secondary N) is 2. The van der Waals surface area contributed by atoms with Crippen molar-refractivity contribution in [1.29, 1.82) is 0 Å². The fraction of sp³-hybridized carbons (Fsp3) is 0.158. The smallest absolute Gasteiger partial charge is 0.248 e. The lowest BCUT2D eigenvalue weighted by atomic mass is 10.2. The van der Waals surface area contributed by atoms with Crippen LogP contribution in [-0.4, -0.2) is 18.4 Å². The Kier molecular flexibility index (Phi) is 6.14. The average Bonchev–Trinajstić information content (AvgIpc) is 2.56. The van der Waals surface area contributed by atoms with Gasteiger partial charge in [-0.2, -0.15) is 0 Å². The van der Waals surface area contributed by atoms with Gasteiger partial charge in [-0.3, -0.25) is 9.59 Å². The highest BCUT2D eigenvalue weighted by Gasteiger charge is 1.99. The summed E-state index contributed by atoms with van der Waals surface area (Å²) >= 11 is 0. The maximum absolute atomic E-state index is 11.9. The Labute approximate surface area is 141 Å². The van der Waals surface area contributed by atoms with Gasteiger partial charge in [0.05, 0.1) is 6.61 Å². The lowest BCUT2D eigenvalue weighted by Crippen LogP contribution is -2.07. The van der Waals surface area contributed by atoms with Gasteiger partial charge >= 0.3 is 0 Å². The number of ether oxygens (including phenoxy) is 1. The molecule has 2 aromatic carbocycles. The fourth-order valence-electron chi connectivity index (χ4n) is 2.04. The molecule has 0 aromatic heterocycles. The molecule has 0 atom stereocenters. The minimum absolute atomic E-state index is 0.118. The molecule has 2 N–H and O–H groups in total. The van der Waals surface area contributed by atoms with Gasteiger partial charge in [-0.25, -0.2) is 0 Å². The van der Waals surface area contributed by atoms with Crippen molar-refractivity contribution >= 4 is 29.3 Å². The Morgan fingerprint density at radius 1 is 0.958 bits per heavy atom. The van der Waals surface area contributed by atoms with Crippen molar-refractivity contribution in [3.05, 3.63) is 60.2 Å². The molecule has 0 aliphatic heterocycles. The molecule has 0 bridgehead atoms. The molecular weight excluding hydrogens is 304 g/mol. The van der Waals surface area contributed by atoms with Crippen LogP contribution in [0.4, 0.5) is 11.4 Å². The molecule has 124 valence electrons. The van der Waals surface area contributed by atoms with Gasteiger partial charge in [0.15, 0.2) is 0 Å². The van der Waals surface area contributed by atoms with Crippen LogP contribution in [0.2, 0.25) is 0 Å². The standard InChI is InChI=1S/C19H20N2O3/c1-3-24-18-11-9-17(10-12-18)21-19(23)13-6-15-4-7-16(8-5-15)20-14(2)22/h4-13H,3H2,1-2H3,(H,20,22)(H,21,23)/b13-6+. The van der Waals surface area contributed by atoms with Crippen LogP contribution in [0, 0.1) is 0 Å². The third kappa shape index (κ3) is 5.61. The molecule has 0 aliphatic carbocycles. The average molecular weight is 324 g/mol. The Morgan fingerprint density at radius 3 is 2.12 bits per heavy atom. The van der Waals surface area contributed by atoms with E-state index in [0.29, 0.717) is 12.3 Å². The van der Waals surface area contributed by atoms with E-state index < -0.39 is 0 Å². The van der Waals surface area contributed by atoms with Gasteiger partial charge in [0.1, 0.15) is 5.75 Å². The summed E-state index contributed by atoms with van der Waals surface area (Å²) < 4.78 is 5.35. The number of amides is 2. The molecule has 5 nitrogen and oxygen atoms in total. The first-order valence-electron chi connectivity index (χ1n) is 7.66. The van der Waals surface area contributed by atoms with Crippen molar-refractivity contribution in [3.63, 3.8) is 0 Å². The zero-order valence-electron chi connectivity index (χ0n) is 13.7. The maximum atomic E-state index is 11.9. The SMILES string of the molecule is CCOc1ccc(NC(=O)/C=C/c2ccc(NC(C)=O)cc2)cc1. The number of carbonyl (C=O) groups is 2. The summed E-state index contributed by atoms with van der Waals surface area (Å²) in [7, 11) is 0. The number of rotatable bonds is 6. The van der Waals surface area contributed by atoms with Crippen LogP contribution < -0.4 is 15.4 Å². The molecule has 0 saturated heterocycles. The summed E-state index contributed by atoms with van der Waals surface area (Å²) in [6, 6.07) is 14.4. The number of hydrogen-bond donors (Lipinski definition) is 2. The molecule has 0 unspecified atom stereocenters. The Balaban J connectivity index is 1.91. The van der Waals surface area contributed by atoms with Crippen LogP contribution in [0.15, 0.2) is 54.6 Å². The predicted molar refractivity (Wildman–Crippen MR) is 96.0 cm³/mol. The third-order valence-corrected chi connectivity index (χ3v) is 3.09. The van der Waals surface area contributed by atoms with E-state index >= 15 is 0 Å². The van der Waals surface area contributed by atoms with Crippen molar-refractivity contribution in [2.45, 2.75) is 13.8 Å². The van der Waals surface area contributed by atoms with E-state index in [9.17, 15) is 9.59 Å². The summed E-state index contributed by atoms with van der Waals surface area (Å²) in [5.41, 5.74) is 2.29. The molecule has 5 heteroatoms. The number of carbonyl (C=O) groups excluding carboxylic acids is 2. The molecule has 2 aromatic rings. The second-order valence-electron chi connectivity index (χ2n) is 5.08. The van der Waals surface area contributed by atoms with Gasteiger partial charge in [0, 0.05) is 24.4 Å². The predicted octanol–water partition coefficient (Wildman–Crippen LogP) is 3.70. The van der Waals surface area contributed by atoms with E-state index in [1.54, 1.807) is 30.3 Å². The normalized spacial score (nSPS) is 10.4. The fourth-order valence-corrected chi connectivity index (χ4v) is 2.04. The number of hydrogen-bond acceptors (Lipinski definition) is 3. The van der Waals surface area contributed by atoms with E-state index in [1.165, 1.54) is 13.0 Å². The molecule has 0 heterocycles. The molecule has 2 rings (SSSR count). The molecule has 2 amide bonds. The first-order valence-corrected chi connectivity index (χ1v) is 7.66. The highest BCUT2D eigenvalue weighted by molar-refractivity contribution is 6.02. The highest BCUT2D eigenvalue weighted by atomic mass is 16.5. The molecule has 0 radical (unpaired) electrons. The number of anilines is 2. The summed E-state index contributed by atoms with van der Waals surface area (Å²) in [4.78, 5) is 22.9. The van der Waals surface area contributed by atoms with Crippen molar-refractivity contribution in [3.8, 4) is 5.75 Å². The Morgan fingerprint density at radius 2 is 1.54 bits per heavy atom. The van der Waals surface area contributed by atoms with E-state index in [0.717, 1.165) is 17.0 Å². The summed E-state index contributed by atoms with van der Waals surface area (Å²) in [6.07, 6.45) is 3.17. The van der Waals surface area contributed by atoms with Crippen molar-refractivity contribution in [1.82, 2.24) is 0 Å². The maximum Gasteiger partial charge on any atom is 0.248 e. The van der Waals surface area contributed by atoms with Crippen LogP contribution in [-0.2, 0) is 9.59 Å². The van der Waals surface area contributed by atoms with Crippen LogP contribution >= 0.6 is 0 Å². The Hall–Kier alpha value is -3.08. The lowest BCUT2D eigenvalue weighted by molar-refractivity contribution is -0.114. The second kappa shape index (κ2) is 8.53.